The largest absolute Gasteiger partial charge is 0.378 e. The van der Waals surface area contributed by atoms with Crippen LogP contribution in [-0.2, 0) is 24.9 Å². The molecule has 5 nitrogen and oxygen atoms in total. The maximum Gasteiger partial charge on any atom is 0.287 e. The molecule has 0 unspecified atom stereocenters. The molecule has 6 heteroatoms. The molecule has 0 atom stereocenters. The van der Waals surface area contributed by atoms with Crippen LogP contribution in [0.25, 0.3) is 0 Å². The quantitative estimate of drug-likeness (QED) is 0.891. The molecular weight excluding hydrogens is 290 g/mol. The summed E-state index contributed by atoms with van der Waals surface area (Å²) in [5.74, 6) is 0. The molecule has 0 radical (unpaired) electrons. The van der Waals surface area contributed by atoms with E-state index in [0.29, 0.717) is 25.4 Å². The molecule has 2 aromatic rings. The van der Waals surface area contributed by atoms with Gasteiger partial charge in [-0.05, 0) is 18.1 Å². The van der Waals surface area contributed by atoms with Gasteiger partial charge < -0.3 is 10.1 Å². The second-order valence-electron chi connectivity index (χ2n) is 4.56. The average molecular weight is 308 g/mol. The fourth-order valence-corrected chi connectivity index (χ4v) is 2.15. The van der Waals surface area contributed by atoms with Crippen LogP contribution in [0.15, 0.2) is 35.3 Å². The number of rotatable bonds is 6. The normalized spacial score (nSPS) is 10.6. The number of anilines is 1. The van der Waals surface area contributed by atoms with Gasteiger partial charge in [0.05, 0.1) is 18.5 Å². The lowest BCUT2D eigenvalue weighted by Crippen LogP contribution is -2.21. The molecule has 0 aliphatic rings. The van der Waals surface area contributed by atoms with Gasteiger partial charge in [-0.25, -0.2) is 4.68 Å². The molecule has 112 valence electrons. The number of nitrogens with zero attached hydrogens (tertiary/aromatic N) is 2. The maximum absolute atomic E-state index is 11.7. The zero-order chi connectivity index (χ0) is 15.2. The van der Waals surface area contributed by atoms with E-state index in [1.54, 1.807) is 13.2 Å². The van der Waals surface area contributed by atoms with Gasteiger partial charge in [0.2, 0.25) is 0 Å². The number of hydrogen-bond acceptors (Lipinski definition) is 4. The first-order valence-electron chi connectivity index (χ1n) is 6.73. The highest BCUT2D eigenvalue weighted by Crippen LogP contribution is 2.18. The van der Waals surface area contributed by atoms with Gasteiger partial charge in [0, 0.05) is 20.2 Å². The van der Waals surface area contributed by atoms with E-state index >= 15 is 0 Å². The van der Waals surface area contributed by atoms with E-state index in [-0.39, 0.29) is 10.6 Å². The van der Waals surface area contributed by atoms with Crippen molar-refractivity contribution >= 4 is 17.3 Å². The molecular formula is C15H18ClN3O2. The molecule has 2 rings (SSSR count). The Bertz CT molecular complexity index is 670. The zero-order valence-electron chi connectivity index (χ0n) is 12.1. The number of nitrogens with one attached hydrogen (secondary N) is 1. The van der Waals surface area contributed by atoms with E-state index in [1.165, 1.54) is 4.68 Å². The molecule has 0 aliphatic heterocycles. The molecule has 0 bridgehead atoms. The minimum absolute atomic E-state index is 0.148. The summed E-state index contributed by atoms with van der Waals surface area (Å²) in [6, 6.07) is 7.99. The van der Waals surface area contributed by atoms with Crippen LogP contribution in [0.5, 0.6) is 0 Å². The Hall–Kier alpha value is -1.85. The smallest absolute Gasteiger partial charge is 0.287 e. The van der Waals surface area contributed by atoms with Crippen LogP contribution in [-0.4, -0.2) is 16.4 Å². The lowest BCUT2D eigenvalue weighted by Gasteiger charge is -2.12. The predicted molar refractivity (Wildman–Crippen MR) is 83.6 cm³/mol. The standard InChI is InChI=1S/C15H18ClN3O2/c1-3-21-10-12-7-5-4-6-11(12)8-17-13-9-18-19(2)15(20)14(13)16/h4-7,9,17H,3,8,10H2,1-2H3. The summed E-state index contributed by atoms with van der Waals surface area (Å²) in [6.45, 7) is 3.76. The third kappa shape index (κ3) is 3.83. The predicted octanol–water partition coefficient (Wildman–Crippen LogP) is 2.58. The number of aryl methyl sites for hydroxylation is 1. The van der Waals surface area contributed by atoms with Crippen LogP contribution in [0.3, 0.4) is 0 Å². The van der Waals surface area contributed by atoms with Crippen molar-refractivity contribution in [1.82, 2.24) is 9.78 Å². The van der Waals surface area contributed by atoms with Gasteiger partial charge >= 0.3 is 0 Å². The molecule has 1 N–H and O–H groups in total. The second kappa shape index (κ2) is 7.24. The first kappa shape index (κ1) is 15.5. The van der Waals surface area contributed by atoms with Crippen molar-refractivity contribution in [3.63, 3.8) is 0 Å². The number of ether oxygens (including phenoxy) is 1. The average Bonchev–Trinajstić information content (AvgIpc) is 2.51. The zero-order valence-corrected chi connectivity index (χ0v) is 12.9. The van der Waals surface area contributed by atoms with Gasteiger partial charge in [-0.3, -0.25) is 4.79 Å². The van der Waals surface area contributed by atoms with Crippen molar-refractivity contribution < 1.29 is 4.74 Å². The number of halogens is 1. The lowest BCUT2D eigenvalue weighted by molar-refractivity contribution is 0.133. The fraction of sp³-hybridized carbons (Fsp3) is 0.333. The molecule has 0 saturated carbocycles. The lowest BCUT2D eigenvalue weighted by atomic mass is 10.1. The van der Waals surface area contributed by atoms with Crippen LogP contribution in [0.1, 0.15) is 18.1 Å². The van der Waals surface area contributed by atoms with E-state index in [0.717, 1.165) is 11.1 Å². The third-order valence-electron chi connectivity index (χ3n) is 3.13. The fourth-order valence-electron chi connectivity index (χ4n) is 1.91. The van der Waals surface area contributed by atoms with E-state index < -0.39 is 0 Å². The summed E-state index contributed by atoms with van der Waals surface area (Å²) in [7, 11) is 1.56. The second-order valence-corrected chi connectivity index (χ2v) is 4.94. The molecule has 1 aromatic carbocycles. The van der Waals surface area contributed by atoms with Crippen LogP contribution in [0.4, 0.5) is 5.69 Å². The van der Waals surface area contributed by atoms with E-state index in [2.05, 4.69) is 10.4 Å². The topological polar surface area (TPSA) is 56.1 Å². The summed E-state index contributed by atoms with van der Waals surface area (Å²) in [5, 5.41) is 7.26. The number of hydrogen-bond donors (Lipinski definition) is 1. The Morgan fingerprint density at radius 3 is 2.76 bits per heavy atom. The molecule has 0 saturated heterocycles. The molecule has 0 spiro atoms. The third-order valence-corrected chi connectivity index (χ3v) is 3.49. The van der Waals surface area contributed by atoms with Crippen molar-refractivity contribution in [2.75, 3.05) is 11.9 Å². The van der Waals surface area contributed by atoms with Crippen LogP contribution in [0.2, 0.25) is 5.02 Å². The number of aromatic nitrogens is 2. The van der Waals surface area contributed by atoms with Crippen LogP contribution < -0.4 is 10.9 Å². The Kier molecular flexibility index (Phi) is 5.36. The van der Waals surface area contributed by atoms with Crippen molar-refractivity contribution in [2.24, 2.45) is 7.05 Å². The maximum atomic E-state index is 11.7. The van der Waals surface area contributed by atoms with E-state index in [9.17, 15) is 4.79 Å². The monoisotopic (exact) mass is 307 g/mol. The van der Waals surface area contributed by atoms with Crippen molar-refractivity contribution in [3.8, 4) is 0 Å². The molecule has 1 heterocycles. The molecule has 0 fully saturated rings. The number of benzene rings is 1. The van der Waals surface area contributed by atoms with Crippen LogP contribution >= 0.6 is 11.6 Å². The summed E-state index contributed by atoms with van der Waals surface area (Å²) in [6.07, 6.45) is 1.55. The first-order chi connectivity index (χ1) is 10.1. The van der Waals surface area contributed by atoms with Crippen LogP contribution in [0, 0.1) is 0 Å². The Balaban J connectivity index is 2.13. The molecule has 0 amide bonds. The minimum atomic E-state index is -0.315. The van der Waals surface area contributed by atoms with E-state index in [1.807, 2.05) is 31.2 Å². The van der Waals surface area contributed by atoms with Crippen molar-refractivity contribution in [2.45, 2.75) is 20.1 Å². The minimum Gasteiger partial charge on any atom is -0.378 e. The van der Waals surface area contributed by atoms with Crippen molar-refractivity contribution in [3.05, 3.63) is 57.0 Å². The van der Waals surface area contributed by atoms with Gasteiger partial charge in [0.1, 0.15) is 5.02 Å². The Morgan fingerprint density at radius 1 is 1.33 bits per heavy atom. The first-order valence-corrected chi connectivity index (χ1v) is 7.11. The SMILES string of the molecule is CCOCc1ccccc1CNc1cnn(C)c(=O)c1Cl. The molecule has 21 heavy (non-hydrogen) atoms. The van der Waals surface area contributed by atoms with Gasteiger partial charge in [-0.2, -0.15) is 5.10 Å². The Labute approximate surface area is 128 Å². The highest BCUT2D eigenvalue weighted by Gasteiger charge is 2.08. The highest BCUT2D eigenvalue weighted by molar-refractivity contribution is 6.32. The molecule has 0 aliphatic carbocycles. The molecule has 1 aromatic heterocycles. The van der Waals surface area contributed by atoms with E-state index in [4.69, 9.17) is 16.3 Å². The summed E-state index contributed by atoms with van der Waals surface area (Å²) in [4.78, 5) is 11.7. The van der Waals surface area contributed by atoms with Crippen molar-refractivity contribution in [1.29, 1.82) is 0 Å². The summed E-state index contributed by atoms with van der Waals surface area (Å²) >= 11 is 6.03. The summed E-state index contributed by atoms with van der Waals surface area (Å²) in [5.41, 5.74) is 2.43. The van der Waals surface area contributed by atoms with Gasteiger partial charge in [-0.1, -0.05) is 35.9 Å². The summed E-state index contributed by atoms with van der Waals surface area (Å²) < 4.78 is 6.66. The Morgan fingerprint density at radius 2 is 2.05 bits per heavy atom. The van der Waals surface area contributed by atoms with Gasteiger partial charge in [0.15, 0.2) is 0 Å². The van der Waals surface area contributed by atoms with Gasteiger partial charge in [0.25, 0.3) is 5.56 Å². The highest BCUT2D eigenvalue weighted by atomic mass is 35.5. The van der Waals surface area contributed by atoms with Gasteiger partial charge in [-0.15, -0.1) is 0 Å².